The summed E-state index contributed by atoms with van der Waals surface area (Å²) in [5, 5.41) is 6.38. The summed E-state index contributed by atoms with van der Waals surface area (Å²) in [6, 6.07) is 3.73. The summed E-state index contributed by atoms with van der Waals surface area (Å²) in [6.45, 7) is 1.76. The van der Waals surface area contributed by atoms with Crippen LogP contribution in [0, 0.1) is 11.6 Å². The third-order valence-corrected chi connectivity index (χ3v) is 4.13. The molecule has 0 aromatic heterocycles. The van der Waals surface area contributed by atoms with Gasteiger partial charge in [0.05, 0.1) is 5.69 Å². The molecular weight excluding hydrogens is 328 g/mol. The molecule has 0 bridgehead atoms. The SMILES string of the molecule is CN=C(NCCC(=O)N(C)C)NC1CCN(c2ccc(F)cc2F)C1. The van der Waals surface area contributed by atoms with Gasteiger partial charge in [-0.3, -0.25) is 9.79 Å². The number of amides is 1. The van der Waals surface area contributed by atoms with Crippen molar-refractivity contribution in [1.29, 1.82) is 0 Å². The summed E-state index contributed by atoms with van der Waals surface area (Å²) in [5.41, 5.74) is 0.408. The number of nitrogens with zero attached hydrogens (tertiary/aromatic N) is 3. The quantitative estimate of drug-likeness (QED) is 0.617. The second kappa shape index (κ2) is 8.64. The normalized spacial score (nSPS) is 17.6. The molecule has 6 nitrogen and oxygen atoms in total. The zero-order valence-corrected chi connectivity index (χ0v) is 14.9. The van der Waals surface area contributed by atoms with E-state index in [4.69, 9.17) is 0 Å². The van der Waals surface area contributed by atoms with Crippen molar-refractivity contribution in [2.45, 2.75) is 18.9 Å². The van der Waals surface area contributed by atoms with Crippen LogP contribution in [0.1, 0.15) is 12.8 Å². The molecule has 1 aromatic carbocycles. The van der Waals surface area contributed by atoms with Crippen LogP contribution in [0.2, 0.25) is 0 Å². The Labute approximate surface area is 146 Å². The van der Waals surface area contributed by atoms with Gasteiger partial charge in [0.15, 0.2) is 5.96 Å². The number of benzene rings is 1. The number of halogens is 2. The molecule has 0 radical (unpaired) electrons. The van der Waals surface area contributed by atoms with Crippen molar-refractivity contribution in [2.24, 2.45) is 4.99 Å². The molecule has 1 fully saturated rings. The Bertz CT molecular complexity index is 635. The van der Waals surface area contributed by atoms with Crippen LogP contribution in [0.25, 0.3) is 0 Å². The third-order valence-electron chi connectivity index (χ3n) is 4.13. The van der Waals surface area contributed by atoms with Crippen molar-refractivity contribution in [3.05, 3.63) is 29.8 Å². The number of aliphatic imine (C=N–C) groups is 1. The number of carbonyl (C=O) groups excluding carboxylic acids is 1. The van der Waals surface area contributed by atoms with Crippen LogP contribution in [0.4, 0.5) is 14.5 Å². The van der Waals surface area contributed by atoms with Crippen molar-refractivity contribution >= 4 is 17.6 Å². The molecule has 1 aromatic rings. The Morgan fingerprint density at radius 3 is 2.80 bits per heavy atom. The van der Waals surface area contributed by atoms with Crippen LogP contribution in [-0.4, -0.2) is 63.6 Å². The molecule has 2 N–H and O–H groups in total. The van der Waals surface area contributed by atoms with Gasteiger partial charge in [0, 0.05) is 59.3 Å². The average molecular weight is 353 g/mol. The Morgan fingerprint density at radius 1 is 1.40 bits per heavy atom. The van der Waals surface area contributed by atoms with E-state index in [1.54, 1.807) is 26.0 Å². The number of carbonyl (C=O) groups is 1. The molecule has 1 heterocycles. The van der Waals surface area contributed by atoms with E-state index in [0.717, 1.165) is 12.5 Å². The lowest BCUT2D eigenvalue weighted by Gasteiger charge is -2.21. The lowest BCUT2D eigenvalue weighted by molar-refractivity contribution is -0.128. The summed E-state index contributed by atoms with van der Waals surface area (Å²) in [7, 11) is 5.10. The second-order valence-corrected chi connectivity index (χ2v) is 6.21. The molecule has 1 aliphatic rings. The van der Waals surface area contributed by atoms with Gasteiger partial charge in [-0.15, -0.1) is 0 Å². The lowest BCUT2D eigenvalue weighted by atomic mass is 10.2. The highest BCUT2D eigenvalue weighted by molar-refractivity contribution is 5.81. The number of rotatable bonds is 5. The summed E-state index contributed by atoms with van der Waals surface area (Å²) in [5.74, 6) is -0.475. The molecule has 1 atom stereocenters. The van der Waals surface area contributed by atoms with Crippen LogP contribution < -0.4 is 15.5 Å². The maximum Gasteiger partial charge on any atom is 0.223 e. The van der Waals surface area contributed by atoms with E-state index in [0.29, 0.717) is 37.7 Å². The van der Waals surface area contributed by atoms with Crippen LogP contribution >= 0.6 is 0 Å². The fourth-order valence-corrected chi connectivity index (χ4v) is 2.73. The van der Waals surface area contributed by atoms with Gasteiger partial charge in [-0.1, -0.05) is 0 Å². The predicted molar refractivity (Wildman–Crippen MR) is 94.8 cm³/mol. The average Bonchev–Trinajstić information content (AvgIpc) is 3.01. The van der Waals surface area contributed by atoms with E-state index in [-0.39, 0.29) is 11.9 Å². The molecule has 1 saturated heterocycles. The number of hydrogen-bond acceptors (Lipinski definition) is 3. The van der Waals surface area contributed by atoms with Gasteiger partial charge in [0.25, 0.3) is 0 Å². The lowest BCUT2D eigenvalue weighted by Crippen LogP contribution is -2.45. The highest BCUT2D eigenvalue weighted by atomic mass is 19.1. The number of anilines is 1. The molecule has 1 unspecified atom stereocenters. The standard InChI is InChI=1S/C17H25F2N5O/c1-20-17(21-8-6-16(25)23(2)3)22-13-7-9-24(11-13)15-5-4-12(18)10-14(15)19/h4-5,10,13H,6-9,11H2,1-3H3,(H2,20,21,22). The number of nitrogens with one attached hydrogen (secondary N) is 2. The maximum absolute atomic E-state index is 13.9. The third kappa shape index (κ3) is 5.30. The summed E-state index contributed by atoms with van der Waals surface area (Å²) >= 11 is 0. The minimum absolute atomic E-state index is 0.0433. The maximum atomic E-state index is 13.9. The first kappa shape index (κ1) is 19.0. The van der Waals surface area contributed by atoms with Crippen molar-refractivity contribution in [3.63, 3.8) is 0 Å². The Morgan fingerprint density at radius 2 is 2.16 bits per heavy atom. The molecule has 138 valence electrons. The topological polar surface area (TPSA) is 60.0 Å². The minimum atomic E-state index is -0.577. The van der Waals surface area contributed by atoms with Crippen LogP contribution in [0.15, 0.2) is 23.2 Å². The molecule has 0 spiro atoms. The fourth-order valence-electron chi connectivity index (χ4n) is 2.73. The Kier molecular flexibility index (Phi) is 6.55. The number of hydrogen-bond donors (Lipinski definition) is 2. The monoisotopic (exact) mass is 353 g/mol. The van der Waals surface area contributed by atoms with Crippen molar-refractivity contribution in [1.82, 2.24) is 15.5 Å². The van der Waals surface area contributed by atoms with E-state index in [1.807, 2.05) is 4.90 Å². The first-order chi connectivity index (χ1) is 11.9. The molecule has 1 amide bonds. The van der Waals surface area contributed by atoms with Crippen molar-refractivity contribution < 1.29 is 13.6 Å². The van der Waals surface area contributed by atoms with Gasteiger partial charge in [-0.2, -0.15) is 0 Å². The largest absolute Gasteiger partial charge is 0.367 e. The highest BCUT2D eigenvalue weighted by Crippen LogP contribution is 2.24. The molecular formula is C17H25F2N5O. The van der Waals surface area contributed by atoms with Crippen LogP contribution in [0.3, 0.4) is 0 Å². The Hall–Kier alpha value is -2.38. The van der Waals surface area contributed by atoms with Gasteiger partial charge < -0.3 is 20.4 Å². The van der Waals surface area contributed by atoms with E-state index in [2.05, 4.69) is 15.6 Å². The molecule has 0 saturated carbocycles. The summed E-state index contributed by atoms with van der Waals surface area (Å²) in [4.78, 5) is 19.1. The van der Waals surface area contributed by atoms with Crippen LogP contribution in [0.5, 0.6) is 0 Å². The zero-order chi connectivity index (χ0) is 18.4. The van der Waals surface area contributed by atoms with E-state index in [1.165, 1.54) is 12.1 Å². The molecule has 1 aliphatic heterocycles. The van der Waals surface area contributed by atoms with Crippen LogP contribution in [-0.2, 0) is 4.79 Å². The minimum Gasteiger partial charge on any atom is -0.367 e. The molecule has 2 rings (SSSR count). The zero-order valence-electron chi connectivity index (χ0n) is 14.9. The van der Waals surface area contributed by atoms with Crippen molar-refractivity contribution in [2.75, 3.05) is 45.7 Å². The number of guanidine groups is 1. The van der Waals surface area contributed by atoms with Gasteiger partial charge >= 0.3 is 0 Å². The smallest absolute Gasteiger partial charge is 0.223 e. The summed E-state index contributed by atoms with van der Waals surface area (Å²) < 4.78 is 26.9. The van der Waals surface area contributed by atoms with Crippen molar-refractivity contribution in [3.8, 4) is 0 Å². The first-order valence-corrected chi connectivity index (χ1v) is 8.28. The van der Waals surface area contributed by atoms with Gasteiger partial charge in [0.2, 0.25) is 5.91 Å². The van der Waals surface area contributed by atoms with E-state index >= 15 is 0 Å². The van der Waals surface area contributed by atoms with E-state index < -0.39 is 11.6 Å². The second-order valence-electron chi connectivity index (χ2n) is 6.21. The van der Waals surface area contributed by atoms with Gasteiger partial charge in [0.1, 0.15) is 11.6 Å². The molecule has 25 heavy (non-hydrogen) atoms. The highest BCUT2D eigenvalue weighted by Gasteiger charge is 2.25. The predicted octanol–water partition coefficient (Wildman–Crippen LogP) is 1.19. The molecule has 0 aliphatic carbocycles. The summed E-state index contributed by atoms with van der Waals surface area (Å²) in [6.07, 6.45) is 1.19. The molecule has 8 heteroatoms. The Balaban J connectivity index is 1.83. The van der Waals surface area contributed by atoms with E-state index in [9.17, 15) is 13.6 Å². The fraction of sp³-hybridized carbons (Fsp3) is 0.529. The first-order valence-electron chi connectivity index (χ1n) is 8.28. The van der Waals surface area contributed by atoms with Gasteiger partial charge in [-0.05, 0) is 18.6 Å². The van der Waals surface area contributed by atoms with Gasteiger partial charge in [-0.25, -0.2) is 8.78 Å².